The van der Waals surface area contributed by atoms with Gasteiger partial charge in [0.15, 0.2) is 0 Å². The van der Waals surface area contributed by atoms with Gasteiger partial charge < -0.3 is 14.8 Å². The van der Waals surface area contributed by atoms with Crippen LogP contribution in [-0.2, 0) is 14.3 Å². The van der Waals surface area contributed by atoms with Gasteiger partial charge in [-0.2, -0.15) is 0 Å². The predicted octanol–water partition coefficient (Wildman–Crippen LogP) is 2.20. The van der Waals surface area contributed by atoms with Gasteiger partial charge in [-0.25, -0.2) is 14.6 Å². The first kappa shape index (κ1) is 18.4. The van der Waals surface area contributed by atoms with Crippen LogP contribution in [0.5, 0.6) is 0 Å². The molecule has 1 aromatic rings. The number of amides is 1. The van der Waals surface area contributed by atoms with E-state index >= 15 is 0 Å². The Morgan fingerprint density at radius 1 is 1.38 bits per heavy atom. The molecule has 1 aliphatic heterocycles. The molecular formula is C15H21BrN4O4. The van der Waals surface area contributed by atoms with Crippen molar-refractivity contribution >= 4 is 33.8 Å². The largest absolute Gasteiger partial charge is 0.467 e. The van der Waals surface area contributed by atoms with Gasteiger partial charge in [-0.05, 0) is 36.7 Å². The number of esters is 1. The van der Waals surface area contributed by atoms with E-state index in [4.69, 9.17) is 9.47 Å². The number of nitrogens with one attached hydrogen (secondary N) is 1. The quantitative estimate of drug-likeness (QED) is 0.777. The Kier molecular flexibility index (Phi) is 5.63. The molecule has 1 aromatic heterocycles. The van der Waals surface area contributed by atoms with Crippen LogP contribution in [0.15, 0.2) is 17.0 Å². The summed E-state index contributed by atoms with van der Waals surface area (Å²) >= 11 is 3.25. The van der Waals surface area contributed by atoms with E-state index in [0.717, 1.165) is 0 Å². The minimum Gasteiger partial charge on any atom is -0.467 e. The van der Waals surface area contributed by atoms with E-state index in [1.165, 1.54) is 12.0 Å². The second-order valence-electron chi connectivity index (χ2n) is 6.48. The minimum atomic E-state index is -0.692. The molecule has 0 aromatic carbocycles. The summed E-state index contributed by atoms with van der Waals surface area (Å²) in [6.45, 7) is 5.64. The number of carbonyl (C=O) groups excluding carboxylic acids is 2. The molecule has 0 unspecified atom stereocenters. The van der Waals surface area contributed by atoms with Gasteiger partial charge in [-0.3, -0.25) is 9.88 Å². The third-order valence-electron chi connectivity index (χ3n) is 3.36. The lowest BCUT2D eigenvalue weighted by Gasteiger charge is -2.27. The number of hydrogen-bond donors (Lipinski definition) is 1. The maximum Gasteiger partial charge on any atom is 0.411 e. The molecule has 0 saturated carbocycles. The van der Waals surface area contributed by atoms with Crippen LogP contribution >= 0.6 is 15.9 Å². The van der Waals surface area contributed by atoms with Gasteiger partial charge >= 0.3 is 12.1 Å². The summed E-state index contributed by atoms with van der Waals surface area (Å²) in [6.07, 6.45) is 3.01. The zero-order valence-corrected chi connectivity index (χ0v) is 15.7. The van der Waals surface area contributed by atoms with Gasteiger partial charge in [-0.1, -0.05) is 0 Å². The Bertz CT molecular complexity index is 620. The molecule has 1 N–H and O–H groups in total. The molecular weight excluding hydrogens is 380 g/mol. The lowest BCUT2D eigenvalue weighted by Crippen LogP contribution is -2.44. The van der Waals surface area contributed by atoms with Crippen LogP contribution in [-0.4, -0.2) is 58.3 Å². The van der Waals surface area contributed by atoms with E-state index in [2.05, 4.69) is 31.2 Å². The minimum absolute atomic E-state index is 0.162. The monoisotopic (exact) mass is 400 g/mol. The predicted molar refractivity (Wildman–Crippen MR) is 90.5 cm³/mol. The third-order valence-corrected chi connectivity index (χ3v) is 3.74. The van der Waals surface area contributed by atoms with E-state index in [-0.39, 0.29) is 6.04 Å². The van der Waals surface area contributed by atoms with E-state index in [1.54, 1.807) is 33.2 Å². The number of aromatic nitrogens is 2. The Labute approximate surface area is 149 Å². The summed E-state index contributed by atoms with van der Waals surface area (Å²) in [5, 5.41) is 3.18. The van der Waals surface area contributed by atoms with Crippen molar-refractivity contribution < 1.29 is 19.1 Å². The van der Waals surface area contributed by atoms with Gasteiger partial charge in [-0.15, -0.1) is 0 Å². The number of rotatable bonds is 3. The number of ether oxygens (including phenoxy) is 2. The van der Waals surface area contributed by atoms with E-state index < -0.39 is 23.7 Å². The fourth-order valence-corrected chi connectivity index (χ4v) is 2.75. The topological polar surface area (TPSA) is 93.6 Å². The molecule has 9 heteroatoms. The molecule has 8 nitrogen and oxygen atoms in total. The first-order valence-corrected chi connectivity index (χ1v) is 8.30. The summed E-state index contributed by atoms with van der Waals surface area (Å²) in [5.74, 6) is 0.0921. The fraction of sp³-hybridized carbons (Fsp3) is 0.600. The van der Waals surface area contributed by atoms with Crippen molar-refractivity contribution in [2.45, 2.75) is 44.9 Å². The molecule has 0 radical (unpaired) electrons. The average Bonchev–Trinajstić information content (AvgIpc) is 2.88. The first-order valence-electron chi connectivity index (χ1n) is 7.51. The van der Waals surface area contributed by atoms with Crippen molar-refractivity contribution in [3.63, 3.8) is 0 Å². The number of anilines is 1. The van der Waals surface area contributed by atoms with Crippen molar-refractivity contribution in [2.75, 3.05) is 19.0 Å². The van der Waals surface area contributed by atoms with Gasteiger partial charge in [0.2, 0.25) is 0 Å². The van der Waals surface area contributed by atoms with Gasteiger partial charge in [0.1, 0.15) is 22.1 Å². The SMILES string of the molecule is COC(=O)[C@@H]1C[C@H](Nc2cncc(Br)n2)CN1C(=O)OC(C)(C)C. The van der Waals surface area contributed by atoms with Crippen LogP contribution < -0.4 is 5.32 Å². The Hall–Kier alpha value is -1.90. The van der Waals surface area contributed by atoms with E-state index in [9.17, 15) is 9.59 Å². The normalized spacial score (nSPS) is 20.6. The molecule has 0 aliphatic carbocycles. The molecule has 2 atom stereocenters. The maximum atomic E-state index is 12.4. The van der Waals surface area contributed by atoms with Crippen molar-refractivity contribution in [3.05, 3.63) is 17.0 Å². The van der Waals surface area contributed by atoms with Gasteiger partial charge in [0.05, 0.1) is 19.5 Å². The molecule has 1 fully saturated rings. The molecule has 132 valence electrons. The number of nitrogens with zero attached hydrogens (tertiary/aromatic N) is 3. The maximum absolute atomic E-state index is 12.4. The van der Waals surface area contributed by atoms with Gasteiger partial charge in [0, 0.05) is 19.0 Å². The molecule has 0 bridgehead atoms. The van der Waals surface area contributed by atoms with Crippen LogP contribution in [0, 0.1) is 0 Å². The third kappa shape index (κ3) is 4.80. The number of methoxy groups -OCH3 is 1. The molecule has 1 amide bonds. The van der Waals surface area contributed by atoms with Crippen molar-refractivity contribution in [1.82, 2.24) is 14.9 Å². The van der Waals surface area contributed by atoms with Crippen LogP contribution in [0.4, 0.5) is 10.6 Å². The summed E-state index contributed by atoms with van der Waals surface area (Å²) in [7, 11) is 1.30. The number of carbonyl (C=O) groups is 2. The van der Waals surface area contributed by atoms with E-state index in [0.29, 0.717) is 23.4 Å². The summed E-state index contributed by atoms with van der Waals surface area (Å²) < 4.78 is 10.8. The molecule has 24 heavy (non-hydrogen) atoms. The highest BCUT2D eigenvalue weighted by Crippen LogP contribution is 2.24. The second kappa shape index (κ2) is 7.33. The number of halogens is 1. The Balaban J connectivity index is 2.11. The molecule has 0 spiro atoms. The highest BCUT2D eigenvalue weighted by atomic mass is 79.9. The highest BCUT2D eigenvalue weighted by molar-refractivity contribution is 9.10. The Morgan fingerprint density at radius 2 is 2.08 bits per heavy atom. The van der Waals surface area contributed by atoms with Gasteiger partial charge in [0.25, 0.3) is 0 Å². The molecule has 1 aliphatic rings. The smallest absolute Gasteiger partial charge is 0.411 e. The summed E-state index contributed by atoms with van der Waals surface area (Å²) in [5.41, 5.74) is -0.640. The summed E-state index contributed by atoms with van der Waals surface area (Å²) in [4.78, 5) is 34.1. The lowest BCUT2D eigenvalue weighted by molar-refractivity contribution is -0.145. The Morgan fingerprint density at radius 3 is 2.67 bits per heavy atom. The highest BCUT2D eigenvalue weighted by Gasteiger charge is 2.42. The summed E-state index contributed by atoms with van der Waals surface area (Å²) in [6, 6.07) is -0.854. The average molecular weight is 401 g/mol. The van der Waals surface area contributed by atoms with Crippen LogP contribution in [0.2, 0.25) is 0 Å². The van der Waals surface area contributed by atoms with Crippen LogP contribution in [0.3, 0.4) is 0 Å². The molecule has 2 heterocycles. The first-order chi connectivity index (χ1) is 11.2. The van der Waals surface area contributed by atoms with Crippen molar-refractivity contribution in [3.8, 4) is 0 Å². The zero-order valence-electron chi connectivity index (χ0n) is 14.1. The molecule has 1 saturated heterocycles. The standard InChI is InChI=1S/C15H21BrN4O4/c1-15(2,3)24-14(22)20-8-9(5-10(20)13(21)23-4)18-12-7-17-6-11(16)19-12/h6-7,9-10H,5,8H2,1-4H3,(H,18,19)/t9-,10-/m0/s1. The number of likely N-dealkylation sites (tertiary alicyclic amines) is 1. The zero-order chi connectivity index (χ0) is 17.9. The van der Waals surface area contributed by atoms with Crippen LogP contribution in [0.1, 0.15) is 27.2 Å². The van der Waals surface area contributed by atoms with E-state index in [1.807, 2.05) is 0 Å². The fourth-order valence-electron chi connectivity index (χ4n) is 2.44. The van der Waals surface area contributed by atoms with Crippen LogP contribution in [0.25, 0.3) is 0 Å². The van der Waals surface area contributed by atoms with Crippen molar-refractivity contribution in [2.24, 2.45) is 0 Å². The van der Waals surface area contributed by atoms with Crippen molar-refractivity contribution in [1.29, 1.82) is 0 Å². The molecule has 2 rings (SSSR count). The second-order valence-corrected chi connectivity index (χ2v) is 7.29. The number of hydrogen-bond acceptors (Lipinski definition) is 7. The lowest BCUT2D eigenvalue weighted by atomic mass is 10.1.